The quantitative estimate of drug-likeness (QED) is 0.0809. The summed E-state index contributed by atoms with van der Waals surface area (Å²) in [5, 5.41) is 106. The van der Waals surface area contributed by atoms with Gasteiger partial charge in [-0.2, -0.15) is 0 Å². The molecule has 19 heteroatoms. The number of aliphatic hydroxyl groups excluding tert-OH is 8. The van der Waals surface area contributed by atoms with Crippen LogP contribution in [0.25, 0.3) is 0 Å². The van der Waals surface area contributed by atoms with Gasteiger partial charge < -0.3 is 84.3 Å². The predicted molar refractivity (Wildman–Crippen MR) is 225 cm³/mol. The maximum atomic E-state index is 13.8. The molecule has 3 heterocycles. The summed E-state index contributed by atoms with van der Waals surface area (Å²) < 4.78 is 35.9. The Hall–Kier alpha value is -2.21. The van der Waals surface area contributed by atoms with E-state index in [4.69, 9.17) is 28.4 Å². The van der Waals surface area contributed by atoms with E-state index in [0.29, 0.717) is 19.3 Å². The number of aliphatic hydroxyl groups is 8. The van der Waals surface area contributed by atoms with Crippen molar-refractivity contribution >= 4 is 18.2 Å². The molecule has 19 nitrogen and oxygen atoms in total. The van der Waals surface area contributed by atoms with Crippen molar-refractivity contribution in [1.29, 1.82) is 0 Å². The van der Waals surface area contributed by atoms with Gasteiger partial charge in [0.2, 0.25) is 0 Å². The Morgan fingerprint density at radius 1 is 0.727 bits per heavy atom. The zero-order valence-electron chi connectivity index (χ0n) is 38.6. The van der Waals surface area contributed by atoms with E-state index >= 15 is 0 Å². The predicted octanol–water partition coefficient (Wildman–Crippen LogP) is 0.473. The number of carboxylic acids is 2. The second-order valence-corrected chi connectivity index (χ2v) is 22.7. The summed E-state index contributed by atoms with van der Waals surface area (Å²) in [6.45, 7) is 11.8. The van der Waals surface area contributed by atoms with Gasteiger partial charge in [-0.05, 0) is 103 Å². The lowest BCUT2D eigenvalue weighted by Crippen LogP contribution is -2.68. The Bertz CT molecular complexity index is 1860. The summed E-state index contributed by atoms with van der Waals surface area (Å²) in [4.78, 5) is 39.2. The molecule has 10 N–H and O–H groups in total. The number of carbonyl (C=O) groups is 3. The minimum absolute atomic E-state index is 0.0787. The minimum Gasteiger partial charge on any atom is -0.481 e. The number of aldehydes is 1. The first-order valence-electron chi connectivity index (χ1n) is 23.8. The highest BCUT2D eigenvalue weighted by Gasteiger charge is 2.69. The number of rotatable bonds is 10. The van der Waals surface area contributed by atoms with Crippen molar-refractivity contribution in [2.24, 2.45) is 56.7 Å². The molecule has 0 aromatic rings. The van der Waals surface area contributed by atoms with E-state index in [1.165, 1.54) is 5.57 Å². The summed E-state index contributed by atoms with van der Waals surface area (Å²) in [7, 11) is 0. The molecule has 3 saturated heterocycles. The number of ether oxygens (including phenoxy) is 6. The molecule has 66 heavy (non-hydrogen) atoms. The monoisotopic (exact) mass is 940 g/mol. The van der Waals surface area contributed by atoms with Gasteiger partial charge in [0.05, 0.1) is 30.7 Å². The van der Waals surface area contributed by atoms with Crippen LogP contribution in [0.3, 0.4) is 0 Å². The highest BCUT2D eigenvalue weighted by Crippen LogP contribution is 2.75. The lowest BCUT2D eigenvalue weighted by atomic mass is 9.34. The Morgan fingerprint density at radius 3 is 2.06 bits per heavy atom. The number of carbonyl (C=O) groups excluding carboxylic acids is 1. The molecule has 4 saturated carbocycles. The van der Waals surface area contributed by atoms with Gasteiger partial charge in [0, 0.05) is 0 Å². The highest BCUT2D eigenvalue weighted by molar-refractivity contribution is 5.73. The number of allylic oxidation sites excluding steroid dienone is 2. The summed E-state index contributed by atoms with van der Waals surface area (Å²) in [5.41, 5.74) is -0.747. The van der Waals surface area contributed by atoms with E-state index in [1.54, 1.807) is 0 Å². The largest absolute Gasteiger partial charge is 0.481 e. The van der Waals surface area contributed by atoms with Crippen LogP contribution in [0.4, 0.5) is 0 Å². The zero-order valence-corrected chi connectivity index (χ0v) is 38.6. The first-order valence-corrected chi connectivity index (χ1v) is 23.8. The molecule has 0 amide bonds. The Kier molecular flexibility index (Phi) is 13.6. The van der Waals surface area contributed by atoms with Crippen LogP contribution < -0.4 is 0 Å². The lowest BCUT2D eigenvalue weighted by Gasteiger charge is -2.70. The maximum absolute atomic E-state index is 13.8. The molecule has 0 radical (unpaired) electrons. The van der Waals surface area contributed by atoms with Crippen LogP contribution in [0.15, 0.2) is 11.6 Å². The normalized spacial score (nSPS) is 53.5. The van der Waals surface area contributed by atoms with Crippen molar-refractivity contribution in [1.82, 2.24) is 0 Å². The third kappa shape index (κ3) is 7.92. The van der Waals surface area contributed by atoms with Gasteiger partial charge >= 0.3 is 11.9 Å². The summed E-state index contributed by atoms with van der Waals surface area (Å²) in [6.07, 6.45) is -17.0. The summed E-state index contributed by atoms with van der Waals surface area (Å²) in [5.74, 6) is -2.64. The molecule has 0 aromatic heterocycles. The summed E-state index contributed by atoms with van der Waals surface area (Å²) in [6, 6.07) is 0. The standard InChI is InChI=1S/C47H72O19/c1-43(2)15-21-20(22(16-43)38(57)58)9-13-46(5)23(21)7-8-27-44(3)12-11-28(45(4,19-49)26(44)10-14-47(27,46)6)63-42-37(66-41-33(55)31(53)30(52)25(17-48)62-41)35(34(56)36(65-42)39(59)60)64-40-32(54)29(51)24(50)18-61-40/h7,19-22,24-37,40-42,48,50-56H,8-18H2,1-6H3,(H,57,58)(H,59,60). The fraction of sp³-hybridized carbons (Fsp3) is 0.894. The fourth-order valence-corrected chi connectivity index (χ4v) is 14.9. The molecule has 0 aromatic carbocycles. The molecule has 8 aliphatic rings. The lowest BCUT2D eigenvalue weighted by molar-refractivity contribution is -0.391. The molecular formula is C47H72O19. The van der Waals surface area contributed by atoms with Crippen molar-refractivity contribution in [2.75, 3.05) is 13.2 Å². The molecule has 24 atom stereocenters. The van der Waals surface area contributed by atoms with E-state index in [-0.39, 0.29) is 46.3 Å². The van der Waals surface area contributed by atoms with Crippen molar-refractivity contribution in [3.05, 3.63) is 11.6 Å². The topological polar surface area (TPSA) is 309 Å². The Morgan fingerprint density at radius 2 is 1.41 bits per heavy atom. The van der Waals surface area contributed by atoms with E-state index < -0.39 is 134 Å². The van der Waals surface area contributed by atoms with Gasteiger partial charge in [-0.1, -0.05) is 53.2 Å². The van der Waals surface area contributed by atoms with Crippen LogP contribution in [0, 0.1) is 56.7 Å². The number of fused-ring (bicyclic) bond motifs is 7. The van der Waals surface area contributed by atoms with Gasteiger partial charge in [-0.15, -0.1) is 0 Å². The fourth-order valence-electron chi connectivity index (χ4n) is 14.9. The number of hydrogen-bond acceptors (Lipinski definition) is 17. The van der Waals surface area contributed by atoms with Gasteiger partial charge in [-0.25, -0.2) is 4.79 Å². The van der Waals surface area contributed by atoms with Crippen LogP contribution in [-0.4, -0.2) is 175 Å². The van der Waals surface area contributed by atoms with Gasteiger partial charge in [0.15, 0.2) is 25.0 Å². The molecular weight excluding hydrogens is 868 g/mol. The Labute approximate surface area is 384 Å². The van der Waals surface area contributed by atoms with Crippen LogP contribution in [0.5, 0.6) is 0 Å². The molecule has 8 rings (SSSR count). The smallest absolute Gasteiger partial charge is 0.335 e. The Balaban J connectivity index is 1.11. The van der Waals surface area contributed by atoms with E-state index in [2.05, 4.69) is 40.7 Å². The third-order valence-corrected chi connectivity index (χ3v) is 18.6. The maximum Gasteiger partial charge on any atom is 0.335 e. The van der Waals surface area contributed by atoms with Crippen molar-refractivity contribution in [3.63, 3.8) is 0 Å². The van der Waals surface area contributed by atoms with E-state index in [9.17, 15) is 65.4 Å². The van der Waals surface area contributed by atoms with Crippen molar-refractivity contribution in [2.45, 2.75) is 191 Å². The van der Waals surface area contributed by atoms with Gasteiger partial charge in [0.1, 0.15) is 67.3 Å². The van der Waals surface area contributed by atoms with Crippen LogP contribution in [0.2, 0.25) is 0 Å². The average Bonchev–Trinajstić information content (AvgIpc) is 3.25. The third-order valence-electron chi connectivity index (χ3n) is 18.6. The van der Waals surface area contributed by atoms with Gasteiger partial charge in [-0.3, -0.25) is 4.79 Å². The molecule has 0 bridgehead atoms. The number of hydrogen-bond donors (Lipinski definition) is 10. The minimum atomic E-state index is -2.12. The van der Waals surface area contributed by atoms with Crippen molar-refractivity contribution < 1.29 is 93.9 Å². The highest BCUT2D eigenvalue weighted by atomic mass is 16.8. The average molecular weight is 941 g/mol. The molecule has 7 fully saturated rings. The van der Waals surface area contributed by atoms with Crippen molar-refractivity contribution in [3.8, 4) is 0 Å². The number of aliphatic carboxylic acids is 2. The zero-order chi connectivity index (χ0) is 48.2. The van der Waals surface area contributed by atoms with E-state index in [0.717, 1.165) is 38.4 Å². The number of carboxylic acid groups (broad SMARTS) is 2. The van der Waals surface area contributed by atoms with Crippen LogP contribution >= 0.6 is 0 Å². The molecule has 0 spiro atoms. The van der Waals surface area contributed by atoms with Crippen LogP contribution in [-0.2, 0) is 42.8 Å². The first kappa shape index (κ1) is 50.2. The molecule has 374 valence electrons. The second-order valence-electron chi connectivity index (χ2n) is 22.7. The van der Waals surface area contributed by atoms with Crippen LogP contribution in [0.1, 0.15) is 99.3 Å². The second kappa shape index (κ2) is 17.9. The molecule has 24 unspecified atom stereocenters. The molecule has 3 aliphatic heterocycles. The first-order chi connectivity index (χ1) is 30.9. The van der Waals surface area contributed by atoms with E-state index in [1.807, 2.05) is 6.92 Å². The van der Waals surface area contributed by atoms with Gasteiger partial charge in [0.25, 0.3) is 0 Å². The SMILES string of the molecule is CC1(C)CC(C(=O)O)C2CCC3(C)C(=CCC4C5(C)CCC(OC6OC(C(=O)O)C(O)C(OC7OCC(O)C(O)C7O)C6OC6OC(CO)C(O)C(O)C6O)C(C)(C=O)C5CCC43C)C2C1. The summed E-state index contributed by atoms with van der Waals surface area (Å²) >= 11 is 0. The molecule has 5 aliphatic carbocycles.